The molecule has 7 heteroatoms. The summed E-state index contributed by atoms with van der Waals surface area (Å²) in [5.74, 6) is -0.740. The molecule has 2 amide bonds. The minimum atomic E-state index is -1.07. The molecule has 1 heterocycles. The summed E-state index contributed by atoms with van der Waals surface area (Å²) in [4.78, 5) is 39.4. The molecule has 0 aliphatic carbocycles. The van der Waals surface area contributed by atoms with Crippen molar-refractivity contribution >= 4 is 17.8 Å². The van der Waals surface area contributed by atoms with E-state index in [1.807, 2.05) is 31.2 Å². The van der Waals surface area contributed by atoms with Gasteiger partial charge in [-0.05, 0) is 36.8 Å². The first-order chi connectivity index (χ1) is 13.5. The molecule has 1 aliphatic heterocycles. The molecule has 0 bridgehead atoms. The summed E-state index contributed by atoms with van der Waals surface area (Å²) in [6.07, 6.45) is 0. The Labute approximate surface area is 163 Å². The van der Waals surface area contributed by atoms with Crippen LogP contribution in [-0.2, 0) is 4.79 Å². The van der Waals surface area contributed by atoms with Crippen LogP contribution in [0.4, 0.5) is 0 Å². The number of para-hydroxylation sites is 1. The Bertz CT molecular complexity index is 888. The molecule has 3 rings (SSSR count). The van der Waals surface area contributed by atoms with E-state index in [4.69, 9.17) is 9.84 Å². The van der Waals surface area contributed by atoms with Gasteiger partial charge >= 0.3 is 5.97 Å². The molecule has 0 aromatic heterocycles. The maximum Gasteiger partial charge on any atom is 0.335 e. The second-order valence-corrected chi connectivity index (χ2v) is 6.61. The van der Waals surface area contributed by atoms with Crippen molar-refractivity contribution in [3.05, 3.63) is 65.2 Å². The van der Waals surface area contributed by atoms with Crippen molar-refractivity contribution in [2.75, 3.05) is 32.8 Å². The first-order valence-electron chi connectivity index (χ1n) is 9.04. The van der Waals surface area contributed by atoms with Crippen molar-refractivity contribution in [1.29, 1.82) is 0 Å². The molecule has 0 atom stereocenters. The van der Waals surface area contributed by atoms with Gasteiger partial charge in [-0.1, -0.05) is 24.3 Å². The molecule has 1 fully saturated rings. The summed E-state index contributed by atoms with van der Waals surface area (Å²) in [6, 6.07) is 13.5. The van der Waals surface area contributed by atoms with Crippen LogP contribution in [0.3, 0.4) is 0 Å². The van der Waals surface area contributed by atoms with Gasteiger partial charge in [0.2, 0.25) is 0 Å². The van der Waals surface area contributed by atoms with Gasteiger partial charge in [0.25, 0.3) is 11.8 Å². The van der Waals surface area contributed by atoms with Gasteiger partial charge in [-0.3, -0.25) is 9.59 Å². The number of benzene rings is 2. The average molecular weight is 382 g/mol. The minimum Gasteiger partial charge on any atom is -0.484 e. The summed E-state index contributed by atoms with van der Waals surface area (Å²) in [5.41, 5.74) is 1.38. The van der Waals surface area contributed by atoms with Gasteiger partial charge in [0, 0.05) is 31.7 Å². The van der Waals surface area contributed by atoms with Crippen molar-refractivity contribution in [1.82, 2.24) is 9.80 Å². The Morgan fingerprint density at radius 3 is 2.25 bits per heavy atom. The summed E-state index contributed by atoms with van der Waals surface area (Å²) < 4.78 is 5.60. The molecule has 1 N–H and O–H groups in total. The first kappa shape index (κ1) is 19.4. The predicted molar refractivity (Wildman–Crippen MR) is 103 cm³/mol. The zero-order chi connectivity index (χ0) is 20.1. The van der Waals surface area contributed by atoms with Gasteiger partial charge < -0.3 is 19.6 Å². The number of amides is 2. The molecule has 28 heavy (non-hydrogen) atoms. The van der Waals surface area contributed by atoms with E-state index >= 15 is 0 Å². The first-order valence-corrected chi connectivity index (χ1v) is 9.04. The van der Waals surface area contributed by atoms with Gasteiger partial charge in [-0.25, -0.2) is 4.79 Å². The third-order valence-corrected chi connectivity index (χ3v) is 4.72. The summed E-state index contributed by atoms with van der Waals surface area (Å²) in [6.45, 7) is 3.50. The zero-order valence-electron chi connectivity index (χ0n) is 15.6. The highest BCUT2D eigenvalue weighted by atomic mass is 16.5. The lowest BCUT2D eigenvalue weighted by Crippen LogP contribution is -2.51. The van der Waals surface area contributed by atoms with Crippen LogP contribution >= 0.6 is 0 Å². The van der Waals surface area contributed by atoms with Crippen molar-refractivity contribution in [3.63, 3.8) is 0 Å². The highest BCUT2D eigenvalue weighted by Gasteiger charge is 2.25. The van der Waals surface area contributed by atoms with E-state index in [1.165, 1.54) is 12.1 Å². The monoisotopic (exact) mass is 382 g/mol. The molecule has 1 saturated heterocycles. The van der Waals surface area contributed by atoms with Crippen LogP contribution in [0.15, 0.2) is 48.5 Å². The van der Waals surface area contributed by atoms with Crippen LogP contribution < -0.4 is 4.74 Å². The summed E-state index contributed by atoms with van der Waals surface area (Å²) in [7, 11) is 0. The Kier molecular flexibility index (Phi) is 5.93. The molecular formula is C21H22N2O5. The zero-order valence-corrected chi connectivity index (χ0v) is 15.6. The number of hydrogen-bond acceptors (Lipinski definition) is 4. The second kappa shape index (κ2) is 8.56. The third kappa shape index (κ3) is 4.49. The fourth-order valence-electron chi connectivity index (χ4n) is 3.08. The number of carboxylic acids is 1. The molecule has 1 aliphatic rings. The molecule has 0 unspecified atom stereocenters. The molecule has 0 spiro atoms. The molecular weight excluding hydrogens is 360 g/mol. The Morgan fingerprint density at radius 1 is 0.929 bits per heavy atom. The van der Waals surface area contributed by atoms with Crippen LogP contribution in [0.1, 0.15) is 26.3 Å². The number of nitrogens with zero attached hydrogens (tertiary/aromatic N) is 2. The van der Waals surface area contributed by atoms with Crippen molar-refractivity contribution in [3.8, 4) is 5.75 Å². The number of aryl methyl sites for hydroxylation is 1. The van der Waals surface area contributed by atoms with E-state index in [1.54, 1.807) is 21.9 Å². The quantitative estimate of drug-likeness (QED) is 0.855. The minimum absolute atomic E-state index is 0.0422. The average Bonchev–Trinajstić information content (AvgIpc) is 2.72. The number of hydrogen-bond donors (Lipinski definition) is 1. The van der Waals surface area contributed by atoms with Crippen LogP contribution in [0, 0.1) is 6.92 Å². The smallest absolute Gasteiger partial charge is 0.335 e. The Morgan fingerprint density at radius 2 is 1.57 bits per heavy atom. The van der Waals surface area contributed by atoms with E-state index in [2.05, 4.69) is 0 Å². The van der Waals surface area contributed by atoms with Gasteiger partial charge in [-0.2, -0.15) is 0 Å². The van der Waals surface area contributed by atoms with Gasteiger partial charge in [0.15, 0.2) is 6.61 Å². The number of carboxylic acid groups (broad SMARTS) is 1. The SMILES string of the molecule is Cc1ccccc1OCC(=O)N1CCN(C(=O)c2cccc(C(=O)O)c2)CC1. The number of carbonyl (C=O) groups excluding carboxylic acids is 2. The van der Waals surface area contributed by atoms with E-state index in [0.717, 1.165) is 5.56 Å². The topological polar surface area (TPSA) is 87.2 Å². The highest BCUT2D eigenvalue weighted by molar-refractivity contribution is 5.97. The number of rotatable bonds is 5. The number of piperazine rings is 1. The van der Waals surface area contributed by atoms with Crippen molar-refractivity contribution < 1.29 is 24.2 Å². The maximum atomic E-state index is 12.6. The maximum absolute atomic E-state index is 12.6. The fourth-order valence-corrected chi connectivity index (χ4v) is 3.08. The molecule has 0 radical (unpaired) electrons. The normalized spacial score (nSPS) is 13.9. The van der Waals surface area contributed by atoms with Crippen molar-refractivity contribution in [2.45, 2.75) is 6.92 Å². The number of ether oxygens (including phenoxy) is 1. The Hall–Kier alpha value is -3.35. The Balaban J connectivity index is 1.53. The molecule has 0 saturated carbocycles. The summed E-state index contributed by atoms with van der Waals surface area (Å²) in [5, 5.41) is 9.07. The highest BCUT2D eigenvalue weighted by Crippen LogP contribution is 2.16. The van der Waals surface area contributed by atoms with Gasteiger partial charge in [0.1, 0.15) is 5.75 Å². The van der Waals surface area contributed by atoms with Crippen LogP contribution in [0.5, 0.6) is 5.75 Å². The third-order valence-electron chi connectivity index (χ3n) is 4.72. The van der Waals surface area contributed by atoms with E-state index in [9.17, 15) is 14.4 Å². The fraction of sp³-hybridized carbons (Fsp3) is 0.286. The van der Waals surface area contributed by atoms with Crippen LogP contribution in [0.2, 0.25) is 0 Å². The lowest BCUT2D eigenvalue weighted by molar-refractivity contribution is -0.134. The molecule has 146 valence electrons. The van der Waals surface area contributed by atoms with Gasteiger partial charge in [0.05, 0.1) is 5.56 Å². The van der Waals surface area contributed by atoms with Gasteiger partial charge in [-0.15, -0.1) is 0 Å². The largest absolute Gasteiger partial charge is 0.484 e. The standard InChI is InChI=1S/C21H22N2O5/c1-15-5-2-3-8-18(15)28-14-19(24)22-9-11-23(12-10-22)20(25)16-6-4-7-17(13-16)21(26)27/h2-8,13H,9-12,14H2,1H3,(H,26,27). The number of aromatic carboxylic acids is 1. The van der Waals surface area contributed by atoms with Crippen molar-refractivity contribution in [2.24, 2.45) is 0 Å². The molecule has 2 aromatic rings. The summed E-state index contributed by atoms with van der Waals surface area (Å²) >= 11 is 0. The predicted octanol–water partition coefficient (Wildman–Crippen LogP) is 2.06. The molecule has 7 nitrogen and oxygen atoms in total. The van der Waals surface area contributed by atoms with Crippen LogP contribution in [0.25, 0.3) is 0 Å². The van der Waals surface area contributed by atoms with E-state index in [0.29, 0.717) is 37.5 Å². The number of carbonyl (C=O) groups is 3. The lowest BCUT2D eigenvalue weighted by atomic mass is 10.1. The lowest BCUT2D eigenvalue weighted by Gasteiger charge is -2.34. The van der Waals surface area contributed by atoms with E-state index in [-0.39, 0.29) is 24.0 Å². The van der Waals surface area contributed by atoms with E-state index < -0.39 is 5.97 Å². The van der Waals surface area contributed by atoms with Crippen LogP contribution in [-0.4, -0.2) is 65.5 Å². The second-order valence-electron chi connectivity index (χ2n) is 6.61. The molecule has 2 aromatic carbocycles.